The molecule has 3 aromatic heterocycles. The van der Waals surface area contributed by atoms with Crippen LogP contribution in [0.25, 0.3) is 28.1 Å². The van der Waals surface area contributed by atoms with Crippen LogP contribution in [0.2, 0.25) is 0 Å². The second kappa shape index (κ2) is 10.2. The first-order valence-corrected chi connectivity index (χ1v) is 12.0. The molecule has 1 aromatic carbocycles. The maximum atomic E-state index is 6.21. The molecule has 2 N–H and O–H groups in total. The van der Waals surface area contributed by atoms with Crippen LogP contribution >= 0.6 is 0 Å². The molecule has 1 fully saturated rings. The van der Waals surface area contributed by atoms with E-state index in [0.29, 0.717) is 24.8 Å². The van der Waals surface area contributed by atoms with Gasteiger partial charge in [0, 0.05) is 51.0 Å². The molecule has 0 saturated carbocycles. The van der Waals surface area contributed by atoms with Crippen LogP contribution in [-0.2, 0) is 9.47 Å². The molecule has 0 unspecified atom stereocenters. The Labute approximate surface area is 204 Å². The number of ether oxygens (including phenoxy) is 3. The average Bonchev–Trinajstić information content (AvgIpc) is 3.50. The second-order valence-electron chi connectivity index (χ2n) is 9.11. The van der Waals surface area contributed by atoms with E-state index in [0.717, 1.165) is 41.8 Å². The standard InChI is InChI=1S/C26H32N6O3/c1-17(31-12-11-20(27)14-31)19-8-10-24-29-30-26(32(24)13-19)22-9-7-18-5-4-6-23(25(18)28-22)35-21(15-33-2)16-34-3/h4-10,13,17,20-21H,11-12,14-16,27H2,1-3H3/t17-,20-/m0/s1. The summed E-state index contributed by atoms with van der Waals surface area (Å²) in [6.45, 7) is 4.98. The molecule has 1 aliphatic heterocycles. The van der Waals surface area contributed by atoms with Crippen LogP contribution in [0.3, 0.4) is 0 Å². The van der Waals surface area contributed by atoms with Gasteiger partial charge in [-0.25, -0.2) is 4.98 Å². The van der Waals surface area contributed by atoms with Crippen molar-refractivity contribution in [3.63, 3.8) is 0 Å². The first-order valence-electron chi connectivity index (χ1n) is 12.0. The fraction of sp³-hybridized carbons (Fsp3) is 0.423. The van der Waals surface area contributed by atoms with Crippen LogP contribution in [0, 0.1) is 0 Å². The Kier molecular flexibility index (Phi) is 6.92. The van der Waals surface area contributed by atoms with Gasteiger partial charge in [-0.3, -0.25) is 9.30 Å². The van der Waals surface area contributed by atoms with Crippen LogP contribution in [0.5, 0.6) is 5.75 Å². The molecular formula is C26H32N6O3. The van der Waals surface area contributed by atoms with E-state index < -0.39 is 0 Å². The highest BCUT2D eigenvalue weighted by atomic mass is 16.6. The Morgan fingerprint density at radius 2 is 1.89 bits per heavy atom. The van der Waals surface area contributed by atoms with Crippen LogP contribution in [0.15, 0.2) is 48.7 Å². The zero-order valence-corrected chi connectivity index (χ0v) is 20.4. The number of para-hydroxylation sites is 1. The minimum absolute atomic E-state index is 0.238. The van der Waals surface area contributed by atoms with E-state index in [9.17, 15) is 0 Å². The molecule has 0 spiro atoms. The number of benzene rings is 1. The minimum Gasteiger partial charge on any atom is -0.483 e. The number of likely N-dealkylation sites (tertiary alicyclic amines) is 1. The van der Waals surface area contributed by atoms with Gasteiger partial charge in [-0.05, 0) is 37.1 Å². The predicted molar refractivity (Wildman–Crippen MR) is 134 cm³/mol. The summed E-state index contributed by atoms with van der Waals surface area (Å²) in [5.74, 6) is 1.37. The smallest absolute Gasteiger partial charge is 0.187 e. The van der Waals surface area contributed by atoms with Gasteiger partial charge in [0.05, 0.1) is 13.2 Å². The fourth-order valence-corrected chi connectivity index (χ4v) is 4.71. The van der Waals surface area contributed by atoms with Crippen molar-refractivity contribution >= 4 is 16.6 Å². The van der Waals surface area contributed by atoms with Gasteiger partial charge < -0.3 is 19.9 Å². The Hall–Kier alpha value is -3.11. The number of aromatic nitrogens is 4. The van der Waals surface area contributed by atoms with Gasteiger partial charge in [-0.1, -0.05) is 24.3 Å². The molecule has 4 heterocycles. The van der Waals surface area contributed by atoms with E-state index in [2.05, 4.69) is 34.3 Å². The van der Waals surface area contributed by atoms with Gasteiger partial charge >= 0.3 is 0 Å². The normalized spacial score (nSPS) is 17.6. The van der Waals surface area contributed by atoms with Gasteiger partial charge in [0.1, 0.15) is 23.1 Å². The average molecular weight is 477 g/mol. The number of fused-ring (bicyclic) bond motifs is 2. The molecule has 0 amide bonds. The molecule has 1 aliphatic rings. The number of nitrogens with two attached hydrogens (primary N) is 1. The lowest BCUT2D eigenvalue weighted by atomic mass is 10.1. The van der Waals surface area contributed by atoms with Crippen molar-refractivity contribution in [3.8, 4) is 17.3 Å². The molecular weight excluding hydrogens is 444 g/mol. The highest BCUT2D eigenvalue weighted by Crippen LogP contribution is 2.29. The molecule has 0 bridgehead atoms. The highest BCUT2D eigenvalue weighted by Gasteiger charge is 2.25. The number of hydrogen-bond acceptors (Lipinski definition) is 8. The highest BCUT2D eigenvalue weighted by molar-refractivity contribution is 5.86. The lowest BCUT2D eigenvalue weighted by molar-refractivity contribution is 0.0252. The maximum absolute atomic E-state index is 6.21. The number of rotatable bonds is 9. The quantitative estimate of drug-likeness (QED) is 0.393. The minimum atomic E-state index is -0.238. The third kappa shape index (κ3) is 4.85. The molecule has 4 aromatic rings. The lowest BCUT2D eigenvalue weighted by Crippen LogP contribution is -2.28. The lowest BCUT2D eigenvalue weighted by Gasteiger charge is -2.24. The van der Waals surface area contributed by atoms with E-state index >= 15 is 0 Å². The van der Waals surface area contributed by atoms with Gasteiger partial charge in [0.15, 0.2) is 11.5 Å². The molecule has 1 saturated heterocycles. The Bertz CT molecular complexity index is 1300. The third-order valence-corrected chi connectivity index (χ3v) is 6.62. The molecule has 0 radical (unpaired) electrons. The summed E-state index contributed by atoms with van der Waals surface area (Å²) in [6, 6.07) is 14.5. The topological polar surface area (TPSA) is 100 Å². The summed E-state index contributed by atoms with van der Waals surface area (Å²) in [6.07, 6.45) is 2.91. The number of nitrogens with zero attached hydrogens (tertiary/aromatic N) is 5. The van der Waals surface area contributed by atoms with E-state index in [1.807, 2.05) is 40.8 Å². The summed E-state index contributed by atoms with van der Waals surface area (Å²) >= 11 is 0. The first-order chi connectivity index (χ1) is 17.1. The van der Waals surface area contributed by atoms with Crippen molar-refractivity contribution in [3.05, 3.63) is 54.2 Å². The van der Waals surface area contributed by atoms with Gasteiger partial charge in [-0.15, -0.1) is 10.2 Å². The monoisotopic (exact) mass is 476 g/mol. The van der Waals surface area contributed by atoms with Crippen LogP contribution < -0.4 is 10.5 Å². The largest absolute Gasteiger partial charge is 0.483 e. The van der Waals surface area contributed by atoms with Gasteiger partial charge in [-0.2, -0.15) is 0 Å². The molecule has 35 heavy (non-hydrogen) atoms. The van der Waals surface area contributed by atoms with Crippen molar-refractivity contribution < 1.29 is 14.2 Å². The van der Waals surface area contributed by atoms with Crippen LogP contribution in [-0.4, -0.2) is 77.2 Å². The Morgan fingerprint density at radius 1 is 1.06 bits per heavy atom. The molecule has 2 atom stereocenters. The van der Waals surface area contributed by atoms with Gasteiger partial charge in [0.2, 0.25) is 0 Å². The molecule has 184 valence electrons. The third-order valence-electron chi connectivity index (χ3n) is 6.62. The first kappa shape index (κ1) is 23.6. The Balaban J connectivity index is 1.51. The van der Waals surface area contributed by atoms with Gasteiger partial charge in [0.25, 0.3) is 0 Å². The molecule has 9 nitrogen and oxygen atoms in total. The summed E-state index contributed by atoms with van der Waals surface area (Å²) in [5.41, 5.74) is 9.59. The van der Waals surface area contributed by atoms with E-state index in [1.54, 1.807) is 14.2 Å². The van der Waals surface area contributed by atoms with Crippen molar-refractivity contribution in [1.82, 2.24) is 24.5 Å². The predicted octanol–water partition coefficient (Wildman–Crippen LogP) is 3.08. The van der Waals surface area contributed by atoms with Crippen LogP contribution in [0.4, 0.5) is 0 Å². The fourth-order valence-electron chi connectivity index (χ4n) is 4.71. The molecule has 5 rings (SSSR count). The van der Waals surface area contributed by atoms with Crippen molar-refractivity contribution in [2.75, 3.05) is 40.5 Å². The van der Waals surface area contributed by atoms with Crippen molar-refractivity contribution in [2.45, 2.75) is 31.5 Å². The summed E-state index contributed by atoms with van der Waals surface area (Å²) in [7, 11) is 3.30. The zero-order valence-electron chi connectivity index (χ0n) is 20.4. The second-order valence-corrected chi connectivity index (χ2v) is 9.11. The summed E-state index contributed by atoms with van der Waals surface area (Å²) < 4.78 is 18.8. The Morgan fingerprint density at radius 3 is 2.63 bits per heavy atom. The van der Waals surface area contributed by atoms with E-state index in [-0.39, 0.29) is 18.2 Å². The maximum Gasteiger partial charge on any atom is 0.187 e. The SMILES string of the molecule is COCC(COC)Oc1cccc2ccc(-c3nnc4ccc([C@H](C)N5CC[C@H](N)C5)cn34)nc12. The zero-order chi connectivity index (χ0) is 24.4. The number of pyridine rings is 2. The number of hydrogen-bond donors (Lipinski definition) is 1. The summed E-state index contributed by atoms with van der Waals surface area (Å²) in [5, 5.41) is 9.83. The van der Waals surface area contributed by atoms with Crippen LogP contribution in [0.1, 0.15) is 24.9 Å². The number of methoxy groups -OCH3 is 2. The van der Waals surface area contributed by atoms with Crippen molar-refractivity contribution in [2.24, 2.45) is 5.73 Å². The molecule has 0 aliphatic carbocycles. The summed E-state index contributed by atoms with van der Waals surface area (Å²) in [4.78, 5) is 7.37. The van der Waals surface area contributed by atoms with E-state index in [1.165, 1.54) is 5.56 Å². The molecule has 9 heteroatoms. The van der Waals surface area contributed by atoms with E-state index in [4.69, 9.17) is 24.9 Å². The van der Waals surface area contributed by atoms with Crippen molar-refractivity contribution in [1.29, 1.82) is 0 Å².